The molecule has 3 heterocycles. The number of halogens is 1. The van der Waals surface area contributed by atoms with Crippen LogP contribution < -0.4 is 5.32 Å². The molecule has 4 atom stereocenters. The zero-order valence-corrected chi connectivity index (χ0v) is 19.6. The van der Waals surface area contributed by atoms with Gasteiger partial charge in [0.1, 0.15) is 18.5 Å². The van der Waals surface area contributed by atoms with Gasteiger partial charge in [0.2, 0.25) is 0 Å². The lowest BCUT2D eigenvalue weighted by Gasteiger charge is -2.16. The van der Waals surface area contributed by atoms with Gasteiger partial charge in [0, 0.05) is 15.9 Å². The fourth-order valence-electron chi connectivity index (χ4n) is 3.38. The van der Waals surface area contributed by atoms with E-state index in [4.69, 9.17) is 4.74 Å². The number of anilines is 1. The average molecular weight is 541 g/mol. The largest absolute Gasteiger partial charge is 0.387 e. The fraction of sp³-hybridized carbons (Fsp3) is 0.450. The van der Waals surface area contributed by atoms with Gasteiger partial charge in [0.05, 0.1) is 12.4 Å². The van der Waals surface area contributed by atoms with E-state index in [-0.39, 0.29) is 0 Å². The number of aliphatic hydroxyl groups excluding tert-OH is 2. The van der Waals surface area contributed by atoms with Crippen LogP contribution in [0.15, 0.2) is 36.9 Å². The Balaban J connectivity index is 1.54. The molecule has 0 amide bonds. The summed E-state index contributed by atoms with van der Waals surface area (Å²) in [6.07, 6.45) is -0.177. The normalized spacial score (nSPS) is 24.1. The maximum absolute atomic E-state index is 10.6. The van der Waals surface area contributed by atoms with Crippen molar-refractivity contribution in [3.63, 3.8) is 0 Å². The molecular weight excluding hydrogens is 517 g/mol. The number of fused-ring (bicyclic) bond motifs is 1. The fourth-order valence-corrected chi connectivity index (χ4v) is 4.84. The number of nitrogens with one attached hydrogen (secondary N) is 1. The lowest BCUT2D eigenvalue weighted by atomic mass is 10.1. The molecule has 0 saturated carbocycles. The molecule has 4 unspecified atom stereocenters. The molecule has 1 aliphatic heterocycles. The lowest BCUT2D eigenvalue weighted by molar-refractivity contribution is -0.0289. The first-order valence-corrected chi connectivity index (χ1v) is 11.9. The zero-order chi connectivity index (χ0) is 21.3. The van der Waals surface area contributed by atoms with Crippen LogP contribution in [0.1, 0.15) is 25.6 Å². The van der Waals surface area contributed by atoms with Crippen molar-refractivity contribution in [3.8, 4) is 0 Å². The number of ether oxygens (including phenoxy) is 1. The quantitative estimate of drug-likeness (QED) is 0.393. The number of hydrogen-bond donors (Lipinski definition) is 3. The minimum atomic E-state index is -1.06. The summed E-state index contributed by atoms with van der Waals surface area (Å²) in [5, 5.41) is 24.7. The van der Waals surface area contributed by atoms with Gasteiger partial charge < -0.3 is 20.3 Å². The summed E-state index contributed by atoms with van der Waals surface area (Å²) >= 11 is 3.97. The first-order chi connectivity index (χ1) is 14.4. The van der Waals surface area contributed by atoms with Crippen molar-refractivity contribution >= 4 is 51.3 Å². The van der Waals surface area contributed by atoms with Crippen molar-refractivity contribution in [1.29, 1.82) is 0 Å². The van der Waals surface area contributed by atoms with Crippen molar-refractivity contribution in [2.24, 2.45) is 0 Å². The second-order valence-corrected chi connectivity index (χ2v) is 10.3. The summed E-state index contributed by atoms with van der Waals surface area (Å²) in [6.45, 7) is 4.78. The molecule has 1 aromatic carbocycles. The molecule has 0 spiro atoms. The summed E-state index contributed by atoms with van der Waals surface area (Å²) in [4.78, 5) is 13.1. The number of benzene rings is 1. The topological polar surface area (TPSA) is 105 Å². The highest BCUT2D eigenvalue weighted by atomic mass is 127. The second-order valence-electron chi connectivity index (χ2n) is 7.46. The molecule has 0 radical (unpaired) electrons. The highest BCUT2D eigenvalue weighted by Crippen LogP contribution is 2.34. The van der Waals surface area contributed by atoms with E-state index in [9.17, 15) is 10.2 Å². The third-order valence-corrected chi connectivity index (χ3v) is 6.77. The molecule has 2 aromatic heterocycles. The number of aromatic nitrogens is 4. The molecule has 10 heteroatoms. The van der Waals surface area contributed by atoms with E-state index >= 15 is 0 Å². The summed E-state index contributed by atoms with van der Waals surface area (Å²) in [5.74, 6) is 1.22. The predicted octanol–water partition coefficient (Wildman–Crippen LogP) is 2.80. The second kappa shape index (κ2) is 9.35. The Bertz CT molecular complexity index is 1020. The summed E-state index contributed by atoms with van der Waals surface area (Å²) in [7, 11) is 0. The maximum Gasteiger partial charge on any atom is 0.167 e. The summed E-state index contributed by atoms with van der Waals surface area (Å²) in [6, 6.07) is 8.21. The van der Waals surface area contributed by atoms with Gasteiger partial charge in [-0.2, -0.15) is 11.8 Å². The van der Waals surface area contributed by atoms with Crippen molar-refractivity contribution in [3.05, 3.63) is 46.1 Å². The van der Waals surface area contributed by atoms with Crippen molar-refractivity contribution < 1.29 is 14.9 Å². The SMILES string of the molecule is CC(C)SCC1OC(n2cnc3c(NCc4cccc(I)c4)ncnc32)C(O)C1O. The van der Waals surface area contributed by atoms with Crippen LogP contribution in [-0.4, -0.2) is 59.0 Å². The smallest absolute Gasteiger partial charge is 0.167 e. The molecule has 30 heavy (non-hydrogen) atoms. The van der Waals surface area contributed by atoms with Crippen LogP contribution in [0.25, 0.3) is 11.2 Å². The number of imidazole rings is 1. The molecule has 0 bridgehead atoms. The number of hydrogen-bond acceptors (Lipinski definition) is 8. The zero-order valence-electron chi connectivity index (χ0n) is 16.6. The van der Waals surface area contributed by atoms with Gasteiger partial charge in [-0.25, -0.2) is 15.0 Å². The molecule has 3 N–H and O–H groups in total. The Morgan fingerprint density at radius 1 is 1.23 bits per heavy atom. The standard InChI is InChI=1S/C20H24IN5O3S/c1-11(2)30-8-14-16(27)17(28)20(29-14)26-10-25-15-18(23-9-24-19(15)26)22-7-12-4-3-5-13(21)6-12/h3-6,9-11,14,16-17,20,27-28H,7-8H2,1-2H3,(H,22,23,24). The molecule has 160 valence electrons. The van der Waals surface area contributed by atoms with Gasteiger partial charge in [-0.1, -0.05) is 26.0 Å². The van der Waals surface area contributed by atoms with E-state index in [0.717, 1.165) is 5.56 Å². The summed E-state index contributed by atoms with van der Waals surface area (Å²) in [5.41, 5.74) is 2.27. The third kappa shape index (κ3) is 4.57. The molecule has 3 aromatic rings. The van der Waals surface area contributed by atoms with Gasteiger partial charge in [-0.15, -0.1) is 0 Å². The number of nitrogens with zero attached hydrogens (tertiary/aromatic N) is 4. The van der Waals surface area contributed by atoms with Gasteiger partial charge in [0.15, 0.2) is 23.2 Å². The van der Waals surface area contributed by atoms with Crippen LogP contribution in [0.4, 0.5) is 5.82 Å². The van der Waals surface area contributed by atoms with Gasteiger partial charge >= 0.3 is 0 Å². The van der Waals surface area contributed by atoms with Crippen LogP contribution in [0.2, 0.25) is 0 Å². The van der Waals surface area contributed by atoms with Crippen LogP contribution in [-0.2, 0) is 11.3 Å². The third-order valence-electron chi connectivity index (χ3n) is 4.91. The van der Waals surface area contributed by atoms with E-state index in [1.54, 1.807) is 22.7 Å². The Kier molecular flexibility index (Phi) is 6.78. The molecular formula is C20H24IN5O3S. The van der Waals surface area contributed by atoms with Gasteiger partial charge in [-0.05, 0) is 45.5 Å². The van der Waals surface area contributed by atoms with Crippen LogP contribution in [0.3, 0.4) is 0 Å². The molecule has 8 nitrogen and oxygen atoms in total. The molecule has 1 fully saturated rings. The number of rotatable bonds is 7. The Morgan fingerprint density at radius 3 is 2.83 bits per heavy atom. The van der Waals surface area contributed by atoms with E-state index < -0.39 is 24.5 Å². The maximum atomic E-state index is 10.6. The van der Waals surface area contributed by atoms with Gasteiger partial charge in [0.25, 0.3) is 0 Å². The molecule has 0 aliphatic carbocycles. The lowest BCUT2D eigenvalue weighted by Crippen LogP contribution is -2.32. The predicted molar refractivity (Wildman–Crippen MR) is 125 cm³/mol. The van der Waals surface area contributed by atoms with Crippen molar-refractivity contribution in [2.45, 2.75) is 50.2 Å². The van der Waals surface area contributed by atoms with E-state index in [0.29, 0.717) is 34.5 Å². The van der Waals surface area contributed by atoms with Crippen molar-refractivity contribution in [1.82, 2.24) is 19.5 Å². The summed E-state index contributed by atoms with van der Waals surface area (Å²) < 4.78 is 8.83. The molecule has 1 saturated heterocycles. The highest BCUT2D eigenvalue weighted by molar-refractivity contribution is 14.1. The Labute approximate surface area is 192 Å². The van der Waals surface area contributed by atoms with Crippen LogP contribution >= 0.6 is 34.4 Å². The number of thioether (sulfide) groups is 1. The molecule has 4 rings (SSSR count). The van der Waals surface area contributed by atoms with Crippen LogP contribution in [0.5, 0.6) is 0 Å². The van der Waals surface area contributed by atoms with Gasteiger partial charge in [-0.3, -0.25) is 4.57 Å². The first kappa shape index (κ1) is 21.8. The minimum Gasteiger partial charge on any atom is -0.387 e. The first-order valence-electron chi connectivity index (χ1n) is 9.73. The van der Waals surface area contributed by atoms with E-state index in [1.807, 2.05) is 18.2 Å². The average Bonchev–Trinajstić information content (AvgIpc) is 3.27. The van der Waals surface area contributed by atoms with E-state index in [2.05, 4.69) is 62.8 Å². The number of aliphatic hydroxyl groups is 2. The Morgan fingerprint density at radius 2 is 2.07 bits per heavy atom. The van der Waals surface area contributed by atoms with E-state index in [1.165, 1.54) is 9.90 Å². The highest BCUT2D eigenvalue weighted by Gasteiger charge is 2.44. The van der Waals surface area contributed by atoms with Crippen LogP contribution in [0, 0.1) is 3.57 Å². The minimum absolute atomic E-state index is 0.417. The molecule has 1 aliphatic rings. The Hall–Kier alpha value is -1.47. The monoisotopic (exact) mass is 541 g/mol. The van der Waals surface area contributed by atoms with Crippen molar-refractivity contribution in [2.75, 3.05) is 11.1 Å².